The molecule has 0 unspecified atom stereocenters. The normalized spacial score (nSPS) is 13.0. The van der Waals surface area contributed by atoms with Crippen LogP contribution in [-0.2, 0) is 13.2 Å². The number of rotatable bonds is 7. The molecule has 1 heterocycles. The second-order valence-corrected chi connectivity index (χ2v) is 6.03. The fraction of sp³-hybridized carbons (Fsp3) is 0.143. The summed E-state index contributed by atoms with van der Waals surface area (Å²) in [6.45, 7) is 0.929. The Morgan fingerprint density at radius 1 is 0.667 bits per heavy atom. The van der Waals surface area contributed by atoms with E-state index in [9.17, 15) is 0 Å². The molecule has 3 aromatic rings. The Morgan fingerprint density at radius 2 is 1.26 bits per heavy atom. The summed E-state index contributed by atoms with van der Waals surface area (Å²) in [6.07, 6.45) is -0.473. The highest BCUT2D eigenvalue weighted by atomic mass is 16.5. The monoisotopic (exact) mass is 358 g/mol. The molecule has 0 amide bonds. The lowest BCUT2D eigenvalue weighted by molar-refractivity contribution is 0.286. The molecular weight excluding hydrogens is 340 g/mol. The maximum absolute atomic E-state index is 6.04. The van der Waals surface area contributed by atoms with Crippen molar-refractivity contribution in [1.82, 2.24) is 0 Å². The first-order valence-electron chi connectivity index (χ1n) is 8.66. The van der Waals surface area contributed by atoms with Gasteiger partial charge in [0.25, 0.3) is 0 Å². The molecule has 4 rings (SSSR count). The van der Waals surface area contributed by atoms with Crippen molar-refractivity contribution in [3.8, 4) is 11.5 Å². The zero-order valence-corrected chi connectivity index (χ0v) is 14.6. The fourth-order valence-corrected chi connectivity index (χ4v) is 2.71. The van der Waals surface area contributed by atoms with Crippen LogP contribution in [0, 0.1) is 0 Å². The molecule has 0 aromatic heterocycles. The van der Waals surface area contributed by atoms with E-state index in [0.29, 0.717) is 19.0 Å². The molecule has 0 radical (unpaired) electrons. The molecule has 6 heteroatoms. The van der Waals surface area contributed by atoms with Gasteiger partial charge in [0.1, 0.15) is 24.7 Å². The minimum atomic E-state index is -0.473. The first-order chi connectivity index (χ1) is 13.4. The van der Waals surface area contributed by atoms with Crippen LogP contribution in [0.5, 0.6) is 11.5 Å². The zero-order chi connectivity index (χ0) is 18.3. The van der Waals surface area contributed by atoms with Crippen molar-refractivity contribution in [2.24, 2.45) is 20.7 Å². The van der Waals surface area contributed by atoms with Crippen molar-refractivity contribution in [2.75, 3.05) is 0 Å². The van der Waals surface area contributed by atoms with E-state index in [-0.39, 0.29) is 0 Å². The Bertz CT molecular complexity index is 931. The van der Waals surface area contributed by atoms with E-state index in [1.54, 1.807) is 0 Å². The van der Waals surface area contributed by atoms with Crippen LogP contribution < -0.4 is 9.47 Å². The van der Waals surface area contributed by atoms with E-state index in [2.05, 4.69) is 20.7 Å². The summed E-state index contributed by atoms with van der Waals surface area (Å²) < 4.78 is 12.0. The second kappa shape index (κ2) is 8.23. The third kappa shape index (κ3) is 4.36. The average molecular weight is 358 g/mol. The standard InChI is InChI=1S/C21H18N4O2/c1-3-7-16(8-4-1)14-26-18-11-12-19(21-22-24-25-23-21)20(13-18)27-15-17-9-5-2-6-10-17/h1-13,21H,14-15H2. The number of ether oxygens (including phenoxy) is 2. The van der Waals surface area contributed by atoms with Crippen molar-refractivity contribution in [3.05, 3.63) is 95.6 Å². The van der Waals surface area contributed by atoms with Crippen molar-refractivity contribution in [1.29, 1.82) is 0 Å². The predicted octanol–water partition coefficient (Wildman–Crippen LogP) is 5.68. The SMILES string of the molecule is c1ccc(COc2ccc(C3N=NN=N3)c(OCc3ccccc3)c2)cc1. The van der Waals surface area contributed by atoms with Crippen molar-refractivity contribution in [2.45, 2.75) is 19.4 Å². The summed E-state index contributed by atoms with van der Waals surface area (Å²) in [5, 5.41) is 15.2. The van der Waals surface area contributed by atoms with Crippen LogP contribution in [0.3, 0.4) is 0 Å². The Hall–Kier alpha value is -3.54. The van der Waals surface area contributed by atoms with Crippen LogP contribution in [0.2, 0.25) is 0 Å². The molecule has 1 aliphatic rings. The molecule has 0 spiro atoms. The van der Waals surface area contributed by atoms with Gasteiger partial charge >= 0.3 is 0 Å². The van der Waals surface area contributed by atoms with Gasteiger partial charge in [-0.25, -0.2) is 0 Å². The molecular formula is C21H18N4O2. The van der Waals surface area contributed by atoms with Gasteiger partial charge in [-0.15, -0.1) is 10.2 Å². The fourth-order valence-electron chi connectivity index (χ4n) is 2.71. The smallest absolute Gasteiger partial charge is 0.213 e. The van der Waals surface area contributed by atoms with Crippen LogP contribution in [0.1, 0.15) is 22.9 Å². The lowest BCUT2D eigenvalue weighted by Gasteiger charge is -2.14. The van der Waals surface area contributed by atoms with E-state index in [0.717, 1.165) is 22.4 Å². The molecule has 0 fully saturated rings. The van der Waals surface area contributed by atoms with E-state index in [4.69, 9.17) is 9.47 Å². The third-order valence-corrected chi connectivity index (χ3v) is 4.11. The Labute approximate surface area is 157 Å². The van der Waals surface area contributed by atoms with E-state index in [1.807, 2.05) is 78.9 Å². The van der Waals surface area contributed by atoms with Gasteiger partial charge in [0.2, 0.25) is 6.17 Å². The maximum Gasteiger partial charge on any atom is 0.213 e. The van der Waals surface area contributed by atoms with Gasteiger partial charge in [-0.05, 0) is 33.7 Å². The first kappa shape index (κ1) is 16.9. The highest BCUT2D eigenvalue weighted by molar-refractivity contribution is 5.43. The number of hydrogen-bond acceptors (Lipinski definition) is 6. The second-order valence-electron chi connectivity index (χ2n) is 6.03. The van der Waals surface area contributed by atoms with Gasteiger partial charge in [0.05, 0.1) is 0 Å². The highest BCUT2D eigenvalue weighted by Crippen LogP contribution is 2.35. The summed E-state index contributed by atoms with van der Waals surface area (Å²) >= 11 is 0. The van der Waals surface area contributed by atoms with E-state index in [1.165, 1.54) is 0 Å². The summed E-state index contributed by atoms with van der Waals surface area (Å²) in [4.78, 5) is 0. The van der Waals surface area contributed by atoms with Crippen LogP contribution in [0.4, 0.5) is 0 Å². The summed E-state index contributed by atoms with van der Waals surface area (Å²) in [6, 6.07) is 25.7. The quantitative estimate of drug-likeness (QED) is 0.545. The topological polar surface area (TPSA) is 67.9 Å². The lowest BCUT2D eigenvalue weighted by atomic mass is 10.1. The predicted molar refractivity (Wildman–Crippen MR) is 100 cm³/mol. The molecule has 0 N–H and O–H groups in total. The molecule has 0 saturated carbocycles. The molecule has 0 bridgehead atoms. The first-order valence-corrected chi connectivity index (χ1v) is 8.66. The Balaban J connectivity index is 1.53. The van der Waals surface area contributed by atoms with Crippen LogP contribution in [0.25, 0.3) is 0 Å². The van der Waals surface area contributed by atoms with Crippen molar-refractivity contribution >= 4 is 0 Å². The highest BCUT2D eigenvalue weighted by Gasteiger charge is 2.19. The van der Waals surface area contributed by atoms with Gasteiger partial charge in [-0.3, -0.25) is 0 Å². The summed E-state index contributed by atoms with van der Waals surface area (Å²) in [7, 11) is 0. The van der Waals surface area contributed by atoms with Crippen molar-refractivity contribution < 1.29 is 9.47 Å². The van der Waals surface area contributed by atoms with Crippen LogP contribution >= 0.6 is 0 Å². The minimum absolute atomic E-state index is 0.441. The largest absolute Gasteiger partial charge is 0.489 e. The number of hydrogen-bond donors (Lipinski definition) is 0. The van der Waals surface area contributed by atoms with Crippen LogP contribution in [0.15, 0.2) is 99.5 Å². The number of benzene rings is 3. The molecule has 3 aromatic carbocycles. The molecule has 0 aliphatic carbocycles. The lowest BCUT2D eigenvalue weighted by Crippen LogP contribution is -2.02. The molecule has 6 nitrogen and oxygen atoms in total. The average Bonchev–Trinajstić information content (AvgIpc) is 3.27. The summed E-state index contributed by atoms with van der Waals surface area (Å²) in [5.74, 6) is 1.38. The molecule has 1 aliphatic heterocycles. The Kier molecular flexibility index (Phi) is 5.15. The molecule has 134 valence electrons. The molecule has 0 saturated heterocycles. The zero-order valence-electron chi connectivity index (χ0n) is 14.6. The van der Waals surface area contributed by atoms with E-state index >= 15 is 0 Å². The van der Waals surface area contributed by atoms with Gasteiger partial charge in [-0.1, -0.05) is 60.7 Å². The van der Waals surface area contributed by atoms with Gasteiger partial charge < -0.3 is 9.47 Å². The van der Waals surface area contributed by atoms with E-state index < -0.39 is 6.17 Å². The Morgan fingerprint density at radius 3 is 1.89 bits per heavy atom. The van der Waals surface area contributed by atoms with Gasteiger partial charge in [0.15, 0.2) is 0 Å². The number of nitrogens with zero attached hydrogens (tertiary/aromatic N) is 4. The van der Waals surface area contributed by atoms with Crippen molar-refractivity contribution in [3.63, 3.8) is 0 Å². The van der Waals surface area contributed by atoms with Crippen LogP contribution in [-0.4, -0.2) is 0 Å². The molecule has 27 heavy (non-hydrogen) atoms. The summed E-state index contributed by atoms with van der Waals surface area (Å²) in [5.41, 5.74) is 2.99. The third-order valence-electron chi connectivity index (χ3n) is 4.11. The molecule has 0 atom stereocenters. The van der Waals surface area contributed by atoms with Gasteiger partial charge in [-0.2, -0.15) is 0 Å². The van der Waals surface area contributed by atoms with Gasteiger partial charge in [0, 0.05) is 11.6 Å². The minimum Gasteiger partial charge on any atom is -0.489 e. The maximum atomic E-state index is 6.04.